The molecule has 0 aliphatic carbocycles. The zero-order valence-corrected chi connectivity index (χ0v) is 17.9. The van der Waals surface area contributed by atoms with Gasteiger partial charge >= 0.3 is 11.9 Å². The van der Waals surface area contributed by atoms with Crippen LogP contribution in [0.25, 0.3) is 0 Å². The molecule has 0 bridgehead atoms. The van der Waals surface area contributed by atoms with E-state index in [1.165, 1.54) is 7.11 Å². The zero-order chi connectivity index (χ0) is 20.2. The number of epoxide rings is 1. The summed E-state index contributed by atoms with van der Waals surface area (Å²) in [6.45, 7) is 14.8. The van der Waals surface area contributed by atoms with Crippen molar-refractivity contribution in [2.75, 3.05) is 13.7 Å². The fourth-order valence-corrected chi connectivity index (χ4v) is 2.79. The van der Waals surface area contributed by atoms with Crippen molar-refractivity contribution >= 4 is 11.9 Å². The van der Waals surface area contributed by atoms with Gasteiger partial charge in [0.25, 0.3) is 0 Å². The maximum atomic E-state index is 12.5. The fraction of sp³-hybridized carbons (Fsp3) is 0.905. The van der Waals surface area contributed by atoms with Gasteiger partial charge in [0.2, 0.25) is 0 Å². The highest BCUT2D eigenvalue weighted by Crippen LogP contribution is 2.40. The normalized spacial score (nSPS) is 20.8. The Morgan fingerprint density at radius 3 is 2.04 bits per heavy atom. The quantitative estimate of drug-likeness (QED) is 0.395. The van der Waals surface area contributed by atoms with E-state index in [1.807, 2.05) is 27.7 Å². The van der Waals surface area contributed by atoms with E-state index in [0.29, 0.717) is 19.4 Å². The van der Waals surface area contributed by atoms with E-state index in [-0.39, 0.29) is 29.6 Å². The first-order valence-corrected chi connectivity index (χ1v) is 9.78. The lowest BCUT2D eigenvalue weighted by atomic mass is 9.72. The van der Waals surface area contributed by atoms with Gasteiger partial charge in [0.15, 0.2) is 0 Å². The van der Waals surface area contributed by atoms with Gasteiger partial charge in [0.05, 0.1) is 24.5 Å². The van der Waals surface area contributed by atoms with Crippen molar-refractivity contribution in [2.24, 2.45) is 16.2 Å². The Morgan fingerprint density at radius 1 is 1.04 bits per heavy atom. The van der Waals surface area contributed by atoms with Crippen LogP contribution in [0.3, 0.4) is 0 Å². The topological polar surface area (TPSA) is 65.1 Å². The number of rotatable bonds is 11. The molecule has 0 spiro atoms. The van der Waals surface area contributed by atoms with Crippen molar-refractivity contribution in [3.8, 4) is 0 Å². The minimum atomic E-state index is -0.654. The third-order valence-corrected chi connectivity index (χ3v) is 6.02. The van der Waals surface area contributed by atoms with Crippen LogP contribution in [0.2, 0.25) is 0 Å². The molecule has 5 heteroatoms. The second-order valence-electron chi connectivity index (χ2n) is 9.44. The number of hydrogen-bond acceptors (Lipinski definition) is 5. The van der Waals surface area contributed by atoms with Crippen molar-refractivity contribution in [3.63, 3.8) is 0 Å². The van der Waals surface area contributed by atoms with Crippen LogP contribution in [0.1, 0.15) is 80.6 Å². The Balaban J connectivity index is 2.71. The van der Waals surface area contributed by atoms with Crippen LogP contribution in [-0.2, 0) is 23.8 Å². The first-order chi connectivity index (χ1) is 11.9. The van der Waals surface area contributed by atoms with Crippen molar-refractivity contribution in [3.05, 3.63) is 0 Å². The first-order valence-electron chi connectivity index (χ1n) is 9.78. The van der Waals surface area contributed by atoms with Crippen LogP contribution in [0.4, 0.5) is 0 Å². The SMILES string of the molecule is CCC(C)(C)CCC(C)(CCC(C)(C)C(=O)OC(C)C1CO1)C(=O)OC. The number of hydrogen-bond donors (Lipinski definition) is 0. The number of carbonyl (C=O) groups excluding carboxylic acids is 2. The second kappa shape index (κ2) is 8.73. The van der Waals surface area contributed by atoms with Gasteiger partial charge < -0.3 is 14.2 Å². The van der Waals surface area contributed by atoms with E-state index < -0.39 is 10.8 Å². The molecule has 1 fully saturated rings. The molecule has 0 radical (unpaired) electrons. The minimum absolute atomic E-state index is 0.0337. The van der Waals surface area contributed by atoms with Gasteiger partial charge in [-0.3, -0.25) is 9.59 Å². The molecule has 0 N–H and O–H groups in total. The smallest absolute Gasteiger partial charge is 0.311 e. The molecule has 0 aromatic rings. The summed E-state index contributed by atoms with van der Waals surface area (Å²) in [7, 11) is 1.43. The van der Waals surface area contributed by atoms with E-state index >= 15 is 0 Å². The lowest BCUT2D eigenvalue weighted by Crippen LogP contribution is -2.36. The third kappa shape index (κ3) is 6.57. The van der Waals surface area contributed by atoms with Crippen LogP contribution < -0.4 is 0 Å². The molecule has 0 aromatic carbocycles. The van der Waals surface area contributed by atoms with Crippen LogP contribution >= 0.6 is 0 Å². The number of carbonyl (C=O) groups is 2. The Morgan fingerprint density at radius 2 is 1.58 bits per heavy atom. The van der Waals surface area contributed by atoms with Crippen molar-refractivity contribution < 1.29 is 23.8 Å². The molecule has 0 aromatic heterocycles. The Hall–Kier alpha value is -1.10. The summed E-state index contributed by atoms with van der Waals surface area (Å²) in [4.78, 5) is 25.0. The first kappa shape index (κ1) is 22.9. The molecule has 5 nitrogen and oxygen atoms in total. The van der Waals surface area contributed by atoms with E-state index in [4.69, 9.17) is 14.2 Å². The highest BCUT2D eigenvalue weighted by molar-refractivity contribution is 5.77. The summed E-state index contributed by atoms with van der Waals surface area (Å²) >= 11 is 0. The molecule has 3 atom stereocenters. The van der Waals surface area contributed by atoms with Crippen molar-refractivity contribution in [1.82, 2.24) is 0 Å². The van der Waals surface area contributed by atoms with Crippen molar-refractivity contribution in [1.29, 1.82) is 0 Å². The molecular formula is C21H38O5. The summed E-state index contributed by atoms with van der Waals surface area (Å²) in [6.07, 6.45) is 3.72. The highest BCUT2D eigenvalue weighted by atomic mass is 16.6. The summed E-state index contributed by atoms with van der Waals surface area (Å²) in [5.74, 6) is -0.435. The molecule has 152 valence electrons. The van der Waals surface area contributed by atoms with Crippen LogP contribution in [0.15, 0.2) is 0 Å². The maximum Gasteiger partial charge on any atom is 0.311 e. The van der Waals surface area contributed by atoms with Gasteiger partial charge in [0, 0.05) is 0 Å². The molecule has 0 saturated carbocycles. The van der Waals surface area contributed by atoms with Crippen LogP contribution in [-0.4, -0.2) is 37.9 Å². The number of esters is 2. The van der Waals surface area contributed by atoms with Gasteiger partial charge in [-0.1, -0.05) is 27.2 Å². The summed E-state index contributed by atoms with van der Waals surface area (Å²) < 4.78 is 15.8. The Bertz CT molecular complexity index is 493. The van der Waals surface area contributed by atoms with Gasteiger partial charge in [-0.25, -0.2) is 0 Å². The van der Waals surface area contributed by atoms with Crippen LogP contribution in [0, 0.1) is 16.2 Å². The standard InChI is InChI=1S/C21H38O5/c1-9-19(3,4)10-12-21(7,18(23)24-8)13-11-20(5,6)17(22)26-15(2)16-14-25-16/h15-16H,9-14H2,1-8H3. The van der Waals surface area contributed by atoms with Gasteiger partial charge in [-0.15, -0.1) is 0 Å². The van der Waals surface area contributed by atoms with Gasteiger partial charge in [-0.2, -0.15) is 0 Å². The highest BCUT2D eigenvalue weighted by Gasteiger charge is 2.41. The van der Waals surface area contributed by atoms with Gasteiger partial charge in [0.1, 0.15) is 12.2 Å². The summed E-state index contributed by atoms with van der Waals surface area (Å²) in [6, 6.07) is 0. The molecule has 1 saturated heterocycles. The maximum absolute atomic E-state index is 12.5. The second-order valence-corrected chi connectivity index (χ2v) is 9.44. The molecule has 3 unspecified atom stereocenters. The molecule has 26 heavy (non-hydrogen) atoms. The van der Waals surface area contributed by atoms with E-state index in [2.05, 4.69) is 20.8 Å². The van der Waals surface area contributed by atoms with Crippen molar-refractivity contribution in [2.45, 2.75) is 92.8 Å². The molecule has 0 amide bonds. The number of ether oxygens (including phenoxy) is 3. The Labute approximate surface area is 159 Å². The molecular weight excluding hydrogens is 332 g/mol. The lowest BCUT2D eigenvalue weighted by molar-refractivity contribution is -0.162. The average Bonchev–Trinajstić information content (AvgIpc) is 3.42. The minimum Gasteiger partial charge on any atom is -0.469 e. The van der Waals surface area contributed by atoms with Crippen LogP contribution in [0.5, 0.6) is 0 Å². The molecule has 1 aliphatic heterocycles. The Kier molecular flexibility index (Phi) is 7.70. The monoisotopic (exact) mass is 370 g/mol. The fourth-order valence-electron chi connectivity index (χ4n) is 2.79. The molecule has 1 heterocycles. The lowest BCUT2D eigenvalue weighted by Gasteiger charge is -2.34. The predicted octanol–water partition coefficient (Wildman–Crippen LogP) is 4.52. The predicted molar refractivity (Wildman–Crippen MR) is 102 cm³/mol. The average molecular weight is 371 g/mol. The molecule has 1 rings (SSSR count). The largest absolute Gasteiger partial charge is 0.469 e. The summed E-state index contributed by atoms with van der Waals surface area (Å²) in [5.41, 5.74) is -1.06. The molecule has 1 aliphatic rings. The third-order valence-electron chi connectivity index (χ3n) is 6.02. The number of methoxy groups -OCH3 is 1. The van der Waals surface area contributed by atoms with E-state index in [9.17, 15) is 9.59 Å². The van der Waals surface area contributed by atoms with E-state index in [1.54, 1.807) is 0 Å². The van der Waals surface area contributed by atoms with E-state index in [0.717, 1.165) is 19.3 Å². The summed E-state index contributed by atoms with van der Waals surface area (Å²) in [5, 5.41) is 0. The zero-order valence-electron chi connectivity index (χ0n) is 17.9. The van der Waals surface area contributed by atoms with Gasteiger partial charge in [-0.05, 0) is 58.8 Å².